The van der Waals surface area contributed by atoms with E-state index in [-0.39, 0.29) is 5.78 Å². The Balaban J connectivity index is 2.44. The maximum Gasteiger partial charge on any atom is 0.189 e. The number of hydrogen-bond donors (Lipinski definition) is 0. The van der Waals surface area contributed by atoms with Crippen LogP contribution in [0, 0.1) is 28.7 Å². The zero-order valence-electron chi connectivity index (χ0n) is 11.7. The minimum atomic E-state index is -1.30. The summed E-state index contributed by atoms with van der Waals surface area (Å²) in [6.07, 6.45) is 2.20. The molecule has 100 valence electrons. The van der Waals surface area contributed by atoms with Gasteiger partial charge in [-0.1, -0.05) is 25.7 Å². The van der Waals surface area contributed by atoms with E-state index in [0.29, 0.717) is 11.3 Å². The molecule has 1 aromatic heterocycles. The Morgan fingerprint density at radius 3 is 2.74 bits per heavy atom. The molecule has 0 aromatic carbocycles. The van der Waals surface area contributed by atoms with E-state index in [2.05, 4.69) is 37.2 Å². The third-order valence-corrected chi connectivity index (χ3v) is 4.31. The predicted octanol–water partition coefficient (Wildman–Crippen LogP) is 4.12. The Hall–Kier alpha value is -1.36. The number of Topliss-reactive ketones (excluding diaryl/α,β-unsaturated/α-hetero) is 1. The van der Waals surface area contributed by atoms with Crippen LogP contribution >= 0.6 is 11.3 Å². The molecule has 1 atom stereocenters. The molecule has 2 nitrogen and oxygen atoms in total. The summed E-state index contributed by atoms with van der Waals surface area (Å²) in [6.45, 7) is 6.62. The molecule has 0 radical (unpaired) electrons. The van der Waals surface area contributed by atoms with E-state index in [1.54, 1.807) is 6.07 Å². The number of nitriles is 1. The quantitative estimate of drug-likeness (QED) is 0.354. The topological polar surface area (TPSA) is 40.9 Å². The van der Waals surface area contributed by atoms with E-state index in [4.69, 9.17) is 5.26 Å². The van der Waals surface area contributed by atoms with Crippen molar-refractivity contribution in [2.45, 2.75) is 38.9 Å². The molecule has 1 heterocycles. The zero-order chi connectivity index (χ0) is 14.3. The summed E-state index contributed by atoms with van der Waals surface area (Å²) < 4.78 is 0. The second-order valence-corrected chi connectivity index (χ2v) is 11.2. The van der Waals surface area contributed by atoms with Crippen LogP contribution in [-0.4, -0.2) is 13.9 Å². The number of carbonyl (C=O) groups excluding carboxylic acids is 1. The zero-order valence-corrected chi connectivity index (χ0v) is 13.5. The van der Waals surface area contributed by atoms with E-state index >= 15 is 0 Å². The van der Waals surface area contributed by atoms with Crippen LogP contribution in [0.25, 0.3) is 0 Å². The number of unbranched alkanes of at least 4 members (excludes halogenated alkanes) is 1. The summed E-state index contributed by atoms with van der Waals surface area (Å²) in [5.41, 5.74) is 3.29. The Morgan fingerprint density at radius 2 is 2.21 bits per heavy atom. The van der Waals surface area contributed by atoms with Gasteiger partial charge in [0, 0.05) is 6.42 Å². The highest BCUT2D eigenvalue weighted by Gasteiger charge is 2.19. The molecule has 0 aliphatic rings. The predicted molar refractivity (Wildman–Crippen MR) is 82.7 cm³/mol. The van der Waals surface area contributed by atoms with Crippen molar-refractivity contribution < 1.29 is 4.79 Å². The lowest BCUT2D eigenvalue weighted by atomic mass is 9.98. The Morgan fingerprint density at radius 1 is 1.47 bits per heavy atom. The van der Waals surface area contributed by atoms with Gasteiger partial charge in [-0.05, 0) is 24.3 Å². The van der Waals surface area contributed by atoms with Crippen molar-refractivity contribution in [3.05, 3.63) is 22.4 Å². The van der Waals surface area contributed by atoms with Crippen LogP contribution in [0.5, 0.6) is 0 Å². The van der Waals surface area contributed by atoms with Gasteiger partial charge in [0.1, 0.15) is 14.0 Å². The van der Waals surface area contributed by atoms with Crippen LogP contribution < -0.4 is 0 Å². The van der Waals surface area contributed by atoms with Gasteiger partial charge < -0.3 is 0 Å². The Labute approximate surface area is 120 Å². The van der Waals surface area contributed by atoms with Crippen LogP contribution in [0.3, 0.4) is 0 Å². The molecule has 0 N–H and O–H groups in total. The fourth-order valence-electron chi connectivity index (χ4n) is 1.57. The van der Waals surface area contributed by atoms with Gasteiger partial charge in [0.15, 0.2) is 5.78 Å². The first-order valence-electron chi connectivity index (χ1n) is 6.41. The molecule has 4 heteroatoms. The summed E-state index contributed by atoms with van der Waals surface area (Å²) in [5.74, 6) is 2.61. The molecule has 0 spiro atoms. The van der Waals surface area contributed by atoms with Gasteiger partial charge >= 0.3 is 0 Å². The monoisotopic (exact) mass is 289 g/mol. The lowest BCUT2D eigenvalue weighted by Gasteiger charge is -2.05. The second kappa shape index (κ2) is 7.28. The molecule has 0 saturated carbocycles. The van der Waals surface area contributed by atoms with Gasteiger partial charge in [-0.25, -0.2) is 0 Å². The summed E-state index contributed by atoms with van der Waals surface area (Å²) in [4.78, 5) is 12.7. The normalized spacial score (nSPS) is 12.1. The van der Waals surface area contributed by atoms with Crippen molar-refractivity contribution in [1.29, 1.82) is 5.26 Å². The highest BCUT2D eigenvalue weighted by Crippen LogP contribution is 2.18. The molecule has 0 fully saturated rings. The van der Waals surface area contributed by atoms with E-state index in [9.17, 15) is 4.79 Å². The molecule has 1 rings (SSSR count). The SMILES string of the molecule is C[Si](C)(C)C#CCCCC(C#N)C(=O)c1cccs1. The van der Waals surface area contributed by atoms with Crippen LogP contribution in [0.2, 0.25) is 19.6 Å². The first-order chi connectivity index (χ1) is 8.94. The largest absolute Gasteiger partial charge is 0.292 e. The molecule has 0 aliphatic heterocycles. The summed E-state index contributed by atoms with van der Waals surface area (Å²) >= 11 is 1.40. The first-order valence-corrected chi connectivity index (χ1v) is 10.8. The third kappa shape index (κ3) is 5.87. The van der Waals surface area contributed by atoms with Gasteiger partial charge in [0.05, 0.1) is 10.9 Å². The number of hydrogen-bond acceptors (Lipinski definition) is 3. The molecule has 0 amide bonds. The molecule has 1 aromatic rings. The molecular formula is C15H19NOSSi. The highest BCUT2D eigenvalue weighted by atomic mass is 32.1. The number of ketones is 1. The maximum absolute atomic E-state index is 12.0. The van der Waals surface area contributed by atoms with Gasteiger partial charge in [0.25, 0.3) is 0 Å². The Kier molecular flexibility index (Phi) is 6.01. The van der Waals surface area contributed by atoms with Crippen LogP contribution in [0.1, 0.15) is 28.9 Å². The van der Waals surface area contributed by atoms with E-state index in [1.807, 2.05) is 11.4 Å². The fourth-order valence-corrected chi connectivity index (χ4v) is 2.94. The van der Waals surface area contributed by atoms with Crippen LogP contribution in [0.15, 0.2) is 17.5 Å². The summed E-state index contributed by atoms with van der Waals surface area (Å²) in [5, 5.41) is 10.9. The molecule has 1 unspecified atom stereocenters. The maximum atomic E-state index is 12.0. The number of thiophene rings is 1. The lowest BCUT2D eigenvalue weighted by molar-refractivity contribution is 0.0947. The van der Waals surface area contributed by atoms with Crippen LogP contribution in [-0.2, 0) is 0 Å². The average molecular weight is 289 g/mol. The molecule has 0 saturated heterocycles. The standard InChI is InChI=1S/C15H19NOSSi/c1-19(2,3)11-6-4-5-8-13(12-16)15(17)14-9-7-10-18-14/h7,9-10,13H,4-5,8H2,1-3H3. The molecule has 0 bridgehead atoms. The van der Waals surface area contributed by atoms with Gasteiger partial charge in [-0.2, -0.15) is 5.26 Å². The van der Waals surface area contributed by atoms with Crippen molar-refractivity contribution >= 4 is 25.2 Å². The summed E-state index contributed by atoms with van der Waals surface area (Å²) in [6, 6.07) is 5.73. The van der Waals surface area contributed by atoms with Gasteiger partial charge in [-0.15, -0.1) is 22.8 Å². The van der Waals surface area contributed by atoms with Crippen LogP contribution in [0.4, 0.5) is 0 Å². The van der Waals surface area contributed by atoms with Crippen molar-refractivity contribution in [1.82, 2.24) is 0 Å². The van der Waals surface area contributed by atoms with E-state index in [1.165, 1.54) is 11.3 Å². The Bertz CT molecular complexity index is 511. The highest BCUT2D eigenvalue weighted by molar-refractivity contribution is 7.12. The smallest absolute Gasteiger partial charge is 0.189 e. The molecule has 0 aliphatic carbocycles. The minimum Gasteiger partial charge on any atom is -0.292 e. The number of rotatable bonds is 5. The van der Waals surface area contributed by atoms with Crippen molar-refractivity contribution in [3.63, 3.8) is 0 Å². The molecule has 19 heavy (non-hydrogen) atoms. The third-order valence-electron chi connectivity index (χ3n) is 2.49. The number of carbonyl (C=O) groups is 1. The minimum absolute atomic E-state index is 0.0457. The first kappa shape index (κ1) is 15.7. The van der Waals surface area contributed by atoms with Crippen molar-refractivity contribution in [2.24, 2.45) is 5.92 Å². The lowest BCUT2D eigenvalue weighted by Crippen LogP contribution is -2.16. The van der Waals surface area contributed by atoms with Gasteiger partial charge in [-0.3, -0.25) is 4.79 Å². The van der Waals surface area contributed by atoms with E-state index < -0.39 is 14.0 Å². The second-order valence-electron chi connectivity index (χ2n) is 5.47. The molecular weight excluding hydrogens is 270 g/mol. The fraction of sp³-hybridized carbons (Fsp3) is 0.467. The summed E-state index contributed by atoms with van der Waals surface area (Å²) in [7, 11) is -1.30. The average Bonchev–Trinajstić information content (AvgIpc) is 2.85. The number of nitrogens with zero attached hydrogens (tertiary/aromatic N) is 1. The van der Waals surface area contributed by atoms with Gasteiger partial charge in [0.2, 0.25) is 0 Å². The van der Waals surface area contributed by atoms with Crippen molar-refractivity contribution in [2.75, 3.05) is 0 Å². The van der Waals surface area contributed by atoms with Crippen molar-refractivity contribution in [3.8, 4) is 17.5 Å². The van der Waals surface area contributed by atoms with E-state index in [0.717, 1.165) is 12.8 Å².